The van der Waals surface area contributed by atoms with Crippen LogP contribution in [0.1, 0.15) is 13.2 Å². The molecular formula is C18H29N3O17P2. The molecule has 2 unspecified atom stereocenters. The number of hydrogen-bond donors (Lipinski definition) is 8. The number of aromatic nitrogens is 2. The molecule has 0 saturated carbocycles. The number of hydrogen-bond acceptors (Lipinski definition) is 15. The van der Waals surface area contributed by atoms with Crippen LogP contribution in [-0.4, -0.2) is 115 Å². The third-order valence-corrected chi connectivity index (χ3v) is 8.40. The highest BCUT2D eigenvalue weighted by Gasteiger charge is 2.51. The van der Waals surface area contributed by atoms with E-state index in [-0.39, 0.29) is 0 Å². The van der Waals surface area contributed by atoms with Gasteiger partial charge in [-0.05, 0) is 0 Å². The lowest BCUT2D eigenvalue weighted by Gasteiger charge is -2.43. The van der Waals surface area contributed by atoms with Crippen LogP contribution >= 0.6 is 15.6 Å². The summed E-state index contributed by atoms with van der Waals surface area (Å²) in [6.07, 6.45) is -11.9. The number of aromatic amines is 1. The van der Waals surface area contributed by atoms with E-state index < -0.39 is 101 Å². The van der Waals surface area contributed by atoms with Crippen LogP contribution in [-0.2, 0) is 41.5 Å². The maximum absolute atomic E-state index is 12.6. The first-order valence-electron chi connectivity index (χ1n) is 11.4. The van der Waals surface area contributed by atoms with Crippen molar-refractivity contribution in [1.82, 2.24) is 14.9 Å². The maximum atomic E-state index is 12.6. The Hall–Kier alpha value is -1.87. The largest absolute Gasteiger partial charge is 0.483 e. The summed E-state index contributed by atoms with van der Waals surface area (Å²) in [7, 11) is -9.95. The third-order valence-electron chi connectivity index (χ3n) is 5.80. The topological polar surface area (TPSA) is 295 Å². The van der Waals surface area contributed by atoms with E-state index in [1.165, 1.54) is 0 Å². The van der Waals surface area contributed by atoms with Gasteiger partial charge in [0, 0.05) is 26.3 Å². The molecular weight excluding hydrogens is 592 g/mol. The summed E-state index contributed by atoms with van der Waals surface area (Å²) in [4.78, 5) is 56.8. The number of aliphatic hydroxyl groups excluding tert-OH is 4. The lowest BCUT2D eigenvalue weighted by atomic mass is 9.97. The van der Waals surface area contributed by atoms with Gasteiger partial charge < -0.3 is 49.7 Å². The Morgan fingerprint density at radius 3 is 2.35 bits per heavy atom. The Labute approximate surface area is 224 Å². The number of phosphoric acid groups is 2. The average molecular weight is 621 g/mol. The van der Waals surface area contributed by atoms with Crippen molar-refractivity contribution in [3.63, 3.8) is 0 Å². The zero-order valence-corrected chi connectivity index (χ0v) is 22.6. The first-order valence-corrected chi connectivity index (χ1v) is 14.4. The molecule has 0 aliphatic carbocycles. The normalized spacial score (nSPS) is 35.5. The summed E-state index contributed by atoms with van der Waals surface area (Å²) >= 11 is 0. The maximum Gasteiger partial charge on any atom is 0.483 e. The van der Waals surface area contributed by atoms with Crippen molar-refractivity contribution in [3.8, 4) is 0 Å². The van der Waals surface area contributed by atoms with E-state index in [1.807, 2.05) is 4.98 Å². The van der Waals surface area contributed by atoms with E-state index in [0.29, 0.717) is 0 Å². The van der Waals surface area contributed by atoms with Gasteiger partial charge in [-0.2, -0.15) is 4.31 Å². The molecule has 1 aromatic rings. The average Bonchev–Trinajstić information content (AvgIpc) is 3.12. The summed E-state index contributed by atoms with van der Waals surface area (Å²) in [5, 5.41) is 42.4. The number of H-pyrrole nitrogens is 1. The highest BCUT2D eigenvalue weighted by atomic mass is 31.3. The molecule has 2 aliphatic rings. The zero-order chi connectivity index (χ0) is 30.0. The molecule has 3 heterocycles. The van der Waals surface area contributed by atoms with Gasteiger partial charge in [-0.3, -0.25) is 28.2 Å². The van der Waals surface area contributed by atoms with Crippen LogP contribution in [0.2, 0.25) is 0 Å². The fourth-order valence-electron chi connectivity index (χ4n) is 4.03. The molecule has 0 radical (unpaired) electrons. The van der Waals surface area contributed by atoms with Crippen molar-refractivity contribution in [2.24, 2.45) is 0 Å². The predicted molar refractivity (Wildman–Crippen MR) is 125 cm³/mol. The molecule has 1 amide bonds. The van der Waals surface area contributed by atoms with Gasteiger partial charge in [0.2, 0.25) is 5.91 Å². The van der Waals surface area contributed by atoms with Crippen LogP contribution in [0.4, 0.5) is 0 Å². The van der Waals surface area contributed by atoms with Crippen LogP contribution < -0.4 is 16.6 Å². The zero-order valence-electron chi connectivity index (χ0n) is 20.8. The fraction of sp³-hybridized carbons (Fsp3) is 0.722. The third kappa shape index (κ3) is 7.69. The second kappa shape index (κ2) is 13.0. The van der Waals surface area contributed by atoms with Crippen LogP contribution in [0, 0.1) is 0 Å². The lowest BCUT2D eigenvalue weighted by Crippen LogP contribution is -2.64. The Morgan fingerprint density at radius 2 is 1.77 bits per heavy atom. The molecule has 2 aliphatic heterocycles. The molecule has 1 aromatic heterocycles. The number of nitrogens with one attached hydrogen (secondary N) is 2. The van der Waals surface area contributed by atoms with E-state index in [9.17, 15) is 53.7 Å². The fourth-order valence-corrected chi connectivity index (χ4v) is 6.19. The van der Waals surface area contributed by atoms with Crippen molar-refractivity contribution >= 4 is 21.6 Å². The highest BCUT2D eigenvalue weighted by Crippen LogP contribution is 2.61. The predicted octanol–water partition coefficient (Wildman–Crippen LogP) is -4.00. The van der Waals surface area contributed by atoms with Gasteiger partial charge in [0.1, 0.15) is 42.7 Å². The molecule has 2 saturated heterocycles. The minimum absolute atomic E-state index is 0.705. The van der Waals surface area contributed by atoms with E-state index >= 15 is 0 Å². The smallest absolute Gasteiger partial charge is 0.394 e. The van der Waals surface area contributed by atoms with E-state index in [0.717, 1.165) is 30.9 Å². The summed E-state index contributed by atoms with van der Waals surface area (Å²) in [6.45, 7) is -0.763. The molecule has 2 fully saturated rings. The standard InChI is InChI=1S/C18H29N3O17P2/c1-7(23)19-11-15(33-2)13(26)8(5-22)36-17(11)37-40(31,32)38-39(29,30)34-6-9-12(25)14(27)16(35-9)21-4-3-10(24)20-18(21)28/h3-4,8-9,11-17,22,25-27H,5-6H2,1-2H3,(H,19,23)(H,29,30)(H,31,32)(H,20,24,28)/t8-,9-,11-,12-,13+,14-,15-,16-,17+/m1/s1. The first kappa shape index (κ1) is 32.6. The van der Waals surface area contributed by atoms with Crippen molar-refractivity contribution < 1.29 is 71.7 Å². The molecule has 3 rings (SSSR count). The Morgan fingerprint density at radius 1 is 1.10 bits per heavy atom. The number of aliphatic hydroxyl groups is 4. The second-order valence-electron chi connectivity index (χ2n) is 8.63. The molecule has 0 spiro atoms. The van der Waals surface area contributed by atoms with Crippen LogP contribution in [0.15, 0.2) is 21.9 Å². The summed E-state index contributed by atoms with van der Waals surface area (Å²) < 4.78 is 54.9. The summed E-state index contributed by atoms with van der Waals surface area (Å²) in [5.41, 5.74) is -1.74. The first-order chi connectivity index (χ1) is 18.6. The second-order valence-corrected chi connectivity index (χ2v) is 11.6. The van der Waals surface area contributed by atoms with Gasteiger partial charge in [-0.1, -0.05) is 0 Å². The minimum atomic E-state index is -5.58. The van der Waals surface area contributed by atoms with Crippen LogP contribution in [0.25, 0.3) is 0 Å². The number of carbonyl (C=O) groups excluding carboxylic acids is 1. The van der Waals surface area contributed by atoms with Gasteiger partial charge in [-0.25, -0.2) is 13.9 Å². The molecule has 0 bridgehead atoms. The van der Waals surface area contributed by atoms with E-state index in [1.54, 1.807) is 0 Å². The Balaban J connectivity index is 1.67. The van der Waals surface area contributed by atoms with Gasteiger partial charge in [-0.15, -0.1) is 0 Å². The van der Waals surface area contributed by atoms with E-state index in [2.05, 4.69) is 14.2 Å². The lowest BCUT2D eigenvalue weighted by molar-refractivity contribution is -0.252. The molecule has 22 heteroatoms. The monoisotopic (exact) mass is 621 g/mol. The van der Waals surface area contributed by atoms with Gasteiger partial charge in [0.25, 0.3) is 5.56 Å². The highest BCUT2D eigenvalue weighted by molar-refractivity contribution is 7.61. The van der Waals surface area contributed by atoms with E-state index in [4.69, 9.17) is 18.7 Å². The number of phosphoric ester groups is 2. The number of ether oxygens (including phenoxy) is 3. The molecule has 8 N–H and O–H groups in total. The SMILES string of the molecule is CO[C@H]1[C@@H](O)[C@@H](CO)O[C@@H](OP(=O)(O)OP(=O)(O)OC[C@H]2O[C@@H](n3ccc(=O)[nH]c3=O)[C@H](O)[C@@H]2O)[C@@H]1NC(C)=O. The van der Waals surface area contributed by atoms with Crippen molar-refractivity contribution in [3.05, 3.63) is 33.1 Å². The van der Waals surface area contributed by atoms with Gasteiger partial charge in [0.05, 0.1) is 13.2 Å². The number of methoxy groups -OCH3 is 1. The number of carbonyl (C=O) groups is 1. The van der Waals surface area contributed by atoms with Crippen LogP contribution in [0.5, 0.6) is 0 Å². The summed E-state index contributed by atoms with van der Waals surface area (Å²) in [6, 6.07) is -0.521. The van der Waals surface area contributed by atoms with Crippen molar-refractivity contribution in [1.29, 1.82) is 0 Å². The molecule has 40 heavy (non-hydrogen) atoms. The number of amides is 1. The molecule has 228 valence electrons. The van der Waals surface area contributed by atoms with Crippen LogP contribution in [0.3, 0.4) is 0 Å². The van der Waals surface area contributed by atoms with Gasteiger partial charge in [0.15, 0.2) is 12.5 Å². The quantitative estimate of drug-likeness (QED) is 0.109. The van der Waals surface area contributed by atoms with Crippen molar-refractivity contribution in [2.45, 2.75) is 62.1 Å². The van der Waals surface area contributed by atoms with Crippen molar-refractivity contribution in [2.75, 3.05) is 20.3 Å². The molecule has 0 aromatic carbocycles. The Bertz CT molecular complexity index is 1260. The molecule has 11 atom stereocenters. The molecule has 20 nitrogen and oxygen atoms in total. The minimum Gasteiger partial charge on any atom is -0.394 e. The number of rotatable bonds is 11. The van der Waals surface area contributed by atoms with Gasteiger partial charge >= 0.3 is 21.3 Å². The Kier molecular flexibility index (Phi) is 10.6. The summed E-state index contributed by atoms with van der Waals surface area (Å²) in [5.74, 6) is -0.705. The number of nitrogens with zero attached hydrogens (tertiary/aromatic N) is 1.